The molecule has 5 nitrogen and oxygen atoms in total. The Balaban J connectivity index is 1.89. The van der Waals surface area contributed by atoms with Gasteiger partial charge in [-0.25, -0.2) is 4.79 Å². The topological polar surface area (TPSA) is 66.8 Å². The van der Waals surface area contributed by atoms with Crippen molar-refractivity contribution >= 4 is 52.1 Å². The Bertz CT molecular complexity index is 1160. The van der Waals surface area contributed by atoms with E-state index in [9.17, 15) is 14.7 Å². The molecule has 1 aliphatic carbocycles. The van der Waals surface area contributed by atoms with Gasteiger partial charge >= 0.3 is 5.97 Å². The number of hydrogen-bond donors (Lipinski definition) is 1. The van der Waals surface area contributed by atoms with Crippen LogP contribution in [0.5, 0.6) is 0 Å². The van der Waals surface area contributed by atoms with Crippen LogP contribution in [-0.2, 0) is 4.74 Å². The Hall–Kier alpha value is -2.38. The van der Waals surface area contributed by atoms with Crippen LogP contribution in [0.4, 0.5) is 5.69 Å². The first-order chi connectivity index (χ1) is 15.9. The zero-order valence-electron chi connectivity index (χ0n) is 18.0. The third kappa shape index (κ3) is 4.80. The summed E-state index contributed by atoms with van der Waals surface area (Å²) in [7, 11) is 1.62. The Morgan fingerprint density at radius 1 is 1.06 bits per heavy atom. The van der Waals surface area contributed by atoms with Crippen LogP contribution in [0, 0.1) is 0 Å². The van der Waals surface area contributed by atoms with Gasteiger partial charge in [-0.1, -0.05) is 72.4 Å². The zero-order chi connectivity index (χ0) is 23.5. The third-order valence-corrected chi connectivity index (χ3v) is 7.91. The van der Waals surface area contributed by atoms with E-state index in [4.69, 9.17) is 27.9 Å². The molecule has 1 fully saturated rings. The van der Waals surface area contributed by atoms with Gasteiger partial charge in [0, 0.05) is 12.0 Å². The molecule has 2 aromatic carbocycles. The van der Waals surface area contributed by atoms with Crippen molar-refractivity contribution in [3.63, 3.8) is 0 Å². The van der Waals surface area contributed by atoms with Gasteiger partial charge in [0.25, 0.3) is 5.91 Å². The van der Waals surface area contributed by atoms with Gasteiger partial charge in [0.2, 0.25) is 0 Å². The van der Waals surface area contributed by atoms with Crippen molar-refractivity contribution in [3.8, 4) is 10.4 Å². The van der Waals surface area contributed by atoms with Gasteiger partial charge in [0.1, 0.15) is 4.88 Å². The highest BCUT2D eigenvalue weighted by Gasteiger charge is 2.38. The van der Waals surface area contributed by atoms with Gasteiger partial charge in [0.05, 0.1) is 33.4 Å². The average Bonchev–Trinajstić information content (AvgIpc) is 3.27. The molecule has 0 radical (unpaired) electrons. The molecule has 0 bridgehead atoms. The molecule has 1 N–H and O–H groups in total. The largest absolute Gasteiger partial charge is 0.477 e. The highest BCUT2D eigenvalue weighted by molar-refractivity contribution is 7.18. The van der Waals surface area contributed by atoms with Gasteiger partial charge < -0.3 is 14.7 Å². The number of carboxylic acids is 1. The molecule has 2 unspecified atom stereocenters. The van der Waals surface area contributed by atoms with Crippen molar-refractivity contribution < 1.29 is 19.4 Å². The summed E-state index contributed by atoms with van der Waals surface area (Å²) in [6.45, 7) is 0. The molecule has 3 aromatic rings. The van der Waals surface area contributed by atoms with Crippen LogP contribution in [0.15, 0.2) is 54.6 Å². The number of ether oxygens (including phenoxy) is 1. The maximum Gasteiger partial charge on any atom is 0.348 e. The predicted octanol–water partition coefficient (Wildman–Crippen LogP) is 7.02. The number of methoxy groups -OCH3 is 1. The van der Waals surface area contributed by atoms with E-state index in [0.717, 1.165) is 41.0 Å². The highest BCUT2D eigenvalue weighted by Crippen LogP contribution is 2.41. The molecule has 2 atom stereocenters. The number of anilines is 1. The normalized spacial score (nSPS) is 18.2. The summed E-state index contributed by atoms with van der Waals surface area (Å²) in [5.74, 6) is -1.48. The van der Waals surface area contributed by atoms with Crippen LogP contribution in [0.3, 0.4) is 0 Å². The smallest absolute Gasteiger partial charge is 0.348 e. The van der Waals surface area contributed by atoms with Crippen LogP contribution < -0.4 is 4.90 Å². The molecule has 1 aromatic heterocycles. The Kier molecular flexibility index (Phi) is 7.39. The van der Waals surface area contributed by atoms with E-state index in [-0.39, 0.29) is 32.6 Å². The summed E-state index contributed by atoms with van der Waals surface area (Å²) in [6.07, 6.45) is 3.15. The number of carbonyl (C=O) groups is 2. The Morgan fingerprint density at radius 3 is 2.48 bits per heavy atom. The molecule has 4 rings (SSSR count). The van der Waals surface area contributed by atoms with Gasteiger partial charge in [0.15, 0.2) is 0 Å². The van der Waals surface area contributed by atoms with E-state index in [0.29, 0.717) is 12.1 Å². The standard InChI is InChI=1S/C25H23Cl2NO4S/c1-32-20-13-6-5-12-18(20)28(24(29)16-10-7-11-17(26)22(16)27)19-14-21(33-23(19)25(30)31)15-8-3-2-4-9-15/h2-4,7-11,14,18,20H,5-6,12-13H2,1H3,(H,30,31). The van der Waals surface area contributed by atoms with E-state index in [1.165, 1.54) is 0 Å². The fourth-order valence-electron chi connectivity index (χ4n) is 4.34. The van der Waals surface area contributed by atoms with E-state index >= 15 is 0 Å². The lowest BCUT2D eigenvalue weighted by Gasteiger charge is -2.39. The van der Waals surface area contributed by atoms with Crippen LogP contribution >= 0.6 is 34.5 Å². The number of aromatic carboxylic acids is 1. The van der Waals surface area contributed by atoms with Crippen LogP contribution in [0.2, 0.25) is 10.0 Å². The second kappa shape index (κ2) is 10.3. The van der Waals surface area contributed by atoms with E-state index in [1.807, 2.05) is 30.3 Å². The summed E-state index contributed by atoms with van der Waals surface area (Å²) in [5.41, 5.74) is 1.46. The number of benzene rings is 2. The van der Waals surface area contributed by atoms with E-state index in [1.54, 1.807) is 36.3 Å². The summed E-state index contributed by atoms with van der Waals surface area (Å²) in [5, 5.41) is 10.5. The van der Waals surface area contributed by atoms with Gasteiger partial charge in [-0.2, -0.15) is 0 Å². The Labute approximate surface area is 206 Å². The third-order valence-electron chi connectivity index (χ3n) is 5.93. The first-order valence-corrected chi connectivity index (χ1v) is 12.2. The van der Waals surface area contributed by atoms with Gasteiger partial charge in [-0.15, -0.1) is 11.3 Å². The molecule has 172 valence electrons. The molecule has 1 heterocycles. The number of hydrogen-bond acceptors (Lipinski definition) is 4. The molecule has 1 amide bonds. The first-order valence-electron chi connectivity index (χ1n) is 10.6. The van der Waals surface area contributed by atoms with Gasteiger partial charge in [-0.3, -0.25) is 4.79 Å². The molecular formula is C25H23Cl2NO4S. The molecule has 0 spiro atoms. The van der Waals surface area contributed by atoms with Crippen LogP contribution in [0.1, 0.15) is 45.7 Å². The fourth-order valence-corrected chi connectivity index (χ4v) is 5.72. The van der Waals surface area contributed by atoms with Crippen molar-refractivity contribution in [1.29, 1.82) is 0 Å². The maximum atomic E-state index is 13.9. The monoisotopic (exact) mass is 503 g/mol. The van der Waals surface area contributed by atoms with E-state index < -0.39 is 11.9 Å². The minimum absolute atomic E-state index is 0.0979. The van der Waals surface area contributed by atoms with Crippen molar-refractivity contribution in [1.82, 2.24) is 0 Å². The lowest BCUT2D eigenvalue weighted by atomic mass is 9.90. The quantitative estimate of drug-likeness (QED) is 0.392. The van der Waals surface area contributed by atoms with Crippen molar-refractivity contribution in [3.05, 3.63) is 75.1 Å². The molecule has 0 saturated heterocycles. The average molecular weight is 504 g/mol. The zero-order valence-corrected chi connectivity index (χ0v) is 20.3. The number of rotatable bonds is 6. The number of carboxylic acid groups (broad SMARTS) is 1. The molecule has 0 aliphatic heterocycles. The van der Waals surface area contributed by atoms with Crippen molar-refractivity contribution in [2.45, 2.75) is 37.8 Å². The minimum Gasteiger partial charge on any atom is -0.477 e. The summed E-state index contributed by atoms with van der Waals surface area (Å²) >= 11 is 13.8. The summed E-state index contributed by atoms with van der Waals surface area (Å²) in [6, 6.07) is 15.9. The second-order valence-electron chi connectivity index (χ2n) is 7.90. The number of nitrogens with zero attached hydrogens (tertiary/aromatic N) is 1. The first kappa shape index (κ1) is 23.8. The lowest BCUT2D eigenvalue weighted by Crippen LogP contribution is -2.50. The van der Waals surface area contributed by atoms with Crippen LogP contribution in [0.25, 0.3) is 10.4 Å². The summed E-state index contributed by atoms with van der Waals surface area (Å²) in [4.78, 5) is 28.6. The molecular weight excluding hydrogens is 481 g/mol. The SMILES string of the molecule is COC1CCCCC1N(C(=O)c1cccc(Cl)c1Cl)c1cc(-c2ccccc2)sc1C(=O)O. The fraction of sp³-hybridized carbons (Fsp3) is 0.280. The second-order valence-corrected chi connectivity index (χ2v) is 9.74. The van der Waals surface area contributed by atoms with Crippen molar-refractivity contribution in [2.24, 2.45) is 0 Å². The number of carbonyl (C=O) groups excluding carboxylic acids is 1. The maximum absolute atomic E-state index is 13.9. The van der Waals surface area contributed by atoms with Crippen molar-refractivity contribution in [2.75, 3.05) is 12.0 Å². The molecule has 1 aliphatic rings. The number of amides is 1. The number of thiophene rings is 1. The Morgan fingerprint density at radius 2 is 1.79 bits per heavy atom. The predicted molar refractivity (Wildman–Crippen MR) is 133 cm³/mol. The minimum atomic E-state index is -1.09. The molecule has 1 saturated carbocycles. The van der Waals surface area contributed by atoms with Gasteiger partial charge in [-0.05, 0) is 36.6 Å². The van der Waals surface area contributed by atoms with E-state index in [2.05, 4.69) is 0 Å². The lowest BCUT2D eigenvalue weighted by molar-refractivity contribution is 0.0485. The number of halogens is 2. The van der Waals surface area contributed by atoms with Crippen LogP contribution in [-0.4, -0.2) is 36.2 Å². The highest BCUT2D eigenvalue weighted by atomic mass is 35.5. The summed E-state index contributed by atoms with van der Waals surface area (Å²) < 4.78 is 5.74. The molecule has 8 heteroatoms. The molecule has 33 heavy (non-hydrogen) atoms.